The van der Waals surface area contributed by atoms with Crippen LogP contribution in [0, 0.1) is 0 Å². The Morgan fingerprint density at radius 2 is 2.17 bits per heavy atom. The Balaban J connectivity index is 2.27. The Labute approximate surface area is 121 Å². The quantitative estimate of drug-likeness (QED) is 0.849. The maximum absolute atomic E-state index is 12.1. The van der Waals surface area contributed by atoms with Gasteiger partial charge in [-0.15, -0.1) is 0 Å². The molecule has 0 saturated heterocycles. The van der Waals surface area contributed by atoms with Gasteiger partial charge in [-0.3, -0.25) is 9.48 Å². The molecule has 0 fully saturated rings. The van der Waals surface area contributed by atoms with Gasteiger partial charge >= 0.3 is 0 Å². The van der Waals surface area contributed by atoms with Crippen molar-refractivity contribution in [3.05, 3.63) is 39.0 Å². The molecule has 0 spiro atoms. The largest absolute Gasteiger partial charge is 0.396 e. The molecule has 0 unspecified atom stereocenters. The number of nitrogen functional groups attached to an aromatic ring is 1. The Bertz CT molecular complexity index is 590. The molecule has 0 bridgehead atoms. The summed E-state index contributed by atoms with van der Waals surface area (Å²) in [5.74, 6) is -0.296. The van der Waals surface area contributed by atoms with E-state index >= 15 is 0 Å². The van der Waals surface area contributed by atoms with Crippen molar-refractivity contribution >= 4 is 49.1 Å². The molecular formula is C11H10Br2N4O. The number of rotatable bonds is 2. The molecular weight excluding hydrogens is 364 g/mol. The predicted octanol–water partition coefficient (Wildman–Crippen LogP) is 2.78. The van der Waals surface area contributed by atoms with Gasteiger partial charge in [0.2, 0.25) is 0 Å². The standard InChI is InChI=1S/C11H10Br2N4O/c1-17-10(8(14)5-15-17)11(18)16-9-3-2-6(12)4-7(9)13/h2-5H,14H2,1H3,(H,16,18). The third-order valence-electron chi connectivity index (χ3n) is 2.36. The van der Waals surface area contributed by atoms with E-state index in [4.69, 9.17) is 5.73 Å². The van der Waals surface area contributed by atoms with Crippen LogP contribution in [0.4, 0.5) is 11.4 Å². The number of anilines is 2. The summed E-state index contributed by atoms with van der Waals surface area (Å²) >= 11 is 6.73. The minimum atomic E-state index is -0.296. The van der Waals surface area contributed by atoms with Crippen molar-refractivity contribution in [2.24, 2.45) is 7.05 Å². The Morgan fingerprint density at radius 3 is 2.72 bits per heavy atom. The zero-order valence-corrected chi connectivity index (χ0v) is 12.6. The molecule has 0 aliphatic heterocycles. The van der Waals surface area contributed by atoms with Crippen LogP contribution in [0.2, 0.25) is 0 Å². The lowest BCUT2D eigenvalue weighted by molar-refractivity contribution is 0.101. The van der Waals surface area contributed by atoms with E-state index in [0.717, 1.165) is 8.95 Å². The maximum atomic E-state index is 12.1. The normalized spacial score (nSPS) is 10.4. The lowest BCUT2D eigenvalue weighted by Gasteiger charge is -2.08. The van der Waals surface area contributed by atoms with Gasteiger partial charge in [-0.25, -0.2) is 0 Å². The van der Waals surface area contributed by atoms with Gasteiger partial charge in [0.25, 0.3) is 5.91 Å². The topological polar surface area (TPSA) is 72.9 Å². The van der Waals surface area contributed by atoms with Gasteiger partial charge in [-0.1, -0.05) is 15.9 Å². The summed E-state index contributed by atoms with van der Waals surface area (Å²) in [7, 11) is 1.67. The predicted molar refractivity (Wildman–Crippen MR) is 77.4 cm³/mol. The van der Waals surface area contributed by atoms with Gasteiger partial charge < -0.3 is 11.1 Å². The molecule has 1 heterocycles. The summed E-state index contributed by atoms with van der Waals surface area (Å²) < 4.78 is 3.15. The van der Waals surface area contributed by atoms with Crippen molar-refractivity contribution < 1.29 is 4.79 Å². The first-order valence-electron chi connectivity index (χ1n) is 5.03. The highest BCUT2D eigenvalue weighted by Gasteiger charge is 2.15. The van der Waals surface area contributed by atoms with Gasteiger partial charge in [0.1, 0.15) is 5.69 Å². The van der Waals surface area contributed by atoms with Crippen LogP contribution in [0.3, 0.4) is 0 Å². The number of halogens is 2. The fraction of sp³-hybridized carbons (Fsp3) is 0.0909. The molecule has 1 aromatic heterocycles. The van der Waals surface area contributed by atoms with Crippen molar-refractivity contribution in [2.75, 3.05) is 11.1 Å². The number of hydrogen-bond donors (Lipinski definition) is 2. The highest BCUT2D eigenvalue weighted by molar-refractivity contribution is 9.11. The van der Waals surface area contributed by atoms with Crippen LogP contribution in [0.15, 0.2) is 33.3 Å². The van der Waals surface area contributed by atoms with E-state index in [2.05, 4.69) is 42.3 Å². The molecule has 2 aromatic rings. The van der Waals surface area contributed by atoms with Gasteiger partial charge in [0, 0.05) is 16.0 Å². The van der Waals surface area contributed by atoms with E-state index in [0.29, 0.717) is 17.1 Å². The summed E-state index contributed by atoms with van der Waals surface area (Å²) in [4.78, 5) is 12.1. The number of benzene rings is 1. The SMILES string of the molecule is Cn1ncc(N)c1C(=O)Nc1ccc(Br)cc1Br. The Morgan fingerprint density at radius 1 is 1.44 bits per heavy atom. The molecule has 7 heteroatoms. The molecule has 1 aromatic carbocycles. The molecule has 18 heavy (non-hydrogen) atoms. The first kappa shape index (κ1) is 13.1. The number of nitrogens with one attached hydrogen (secondary N) is 1. The highest BCUT2D eigenvalue weighted by atomic mass is 79.9. The number of nitrogens with zero attached hydrogens (tertiary/aromatic N) is 2. The fourth-order valence-electron chi connectivity index (χ4n) is 1.50. The molecule has 0 aliphatic rings. The number of carbonyl (C=O) groups is 1. The van der Waals surface area contributed by atoms with Crippen molar-refractivity contribution in [3.8, 4) is 0 Å². The van der Waals surface area contributed by atoms with Gasteiger partial charge in [-0.2, -0.15) is 5.10 Å². The van der Waals surface area contributed by atoms with Crippen LogP contribution in [-0.2, 0) is 7.05 Å². The minimum Gasteiger partial charge on any atom is -0.396 e. The Kier molecular flexibility index (Phi) is 3.72. The lowest BCUT2D eigenvalue weighted by atomic mass is 10.3. The van der Waals surface area contributed by atoms with Crippen molar-refractivity contribution in [3.63, 3.8) is 0 Å². The average Bonchev–Trinajstić information content (AvgIpc) is 2.62. The molecule has 0 radical (unpaired) electrons. The molecule has 3 N–H and O–H groups in total. The van der Waals surface area contributed by atoms with Crippen LogP contribution in [0.1, 0.15) is 10.5 Å². The number of aromatic nitrogens is 2. The van der Waals surface area contributed by atoms with Crippen LogP contribution < -0.4 is 11.1 Å². The summed E-state index contributed by atoms with van der Waals surface area (Å²) in [5.41, 5.74) is 7.05. The second-order valence-electron chi connectivity index (χ2n) is 3.65. The third kappa shape index (κ3) is 2.56. The second kappa shape index (κ2) is 5.11. The fourth-order valence-corrected chi connectivity index (χ4v) is 2.65. The van der Waals surface area contributed by atoms with Crippen LogP contribution in [0.25, 0.3) is 0 Å². The number of nitrogens with two attached hydrogens (primary N) is 1. The molecule has 0 aliphatic carbocycles. The van der Waals surface area contributed by atoms with Crippen molar-refractivity contribution in [1.82, 2.24) is 9.78 Å². The number of carbonyl (C=O) groups excluding carboxylic acids is 1. The van der Waals surface area contributed by atoms with E-state index < -0.39 is 0 Å². The molecule has 94 valence electrons. The number of aryl methyl sites for hydroxylation is 1. The van der Waals surface area contributed by atoms with E-state index in [1.807, 2.05) is 12.1 Å². The first-order valence-corrected chi connectivity index (χ1v) is 6.61. The van der Waals surface area contributed by atoms with E-state index in [-0.39, 0.29) is 5.91 Å². The zero-order chi connectivity index (χ0) is 13.3. The lowest BCUT2D eigenvalue weighted by Crippen LogP contribution is -2.17. The first-order chi connectivity index (χ1) is 8.49. The summed E-state index contributed by atoms with van der Waals surface area (Å²) in [6.45, 7) is 0. The average molecular weight is 374 g/mol. The second-order valence-corrected chi connectivity index (χ2v) is 5.42. The summed E-state index contributed by atoms with van der Waals surface area (Å²) in [5, 5.41) is 6.70. The molecule has 1 amide bonds. The Hall–Kier alpha value is -1.34. The van der Waals surface area contributed by atoms with Crippen molar-refractivity contribution in [1.29, 1.82) is 0 Å². The van der Waals surface area contributed by atoms with Crippen LogP contribution in [-0.4, -0.2) is 15.7 Å². The molecule has 2 rings (SSSR count). The summed E-state index contributed by atoms with van der Waals surface area (Å²) in [6, 6.07) is 5.48. The maximum Gasteiger partial charge on any atom is 0.276 e. The van der Waals surface area contributed by atoms with Crippen LogP contribution >= 0.6 is 31.9 Å². The zero-order valence-electron chi connectivity index (χ0n) is 9.45. The van der Waals surface area contributed by atoms with Crippen LogP contribution in [0.5, 0.6) is 0 Å². The number of hydrogen-bond acceptors (Lipinski definition) is 3. The number of amides is 1. The van der Waals surface area contributed by atoms with E-state index in [1.54, 1.807) is 13.1 Å². The summed E-state index contributed by atoms with van der Waals surface area (Å²) in [6.07, 6.45) is 1.45. The third-order valence-corrected chi connectivity index (χ3v) is 3.51. The monoisotopic (exact) mass is 372 g/mol. The smallest absolute Gasteiger partial charge is 0.276 e. The minimum absolute atomic E-state index is 0.296. The molecule has 0 saturated carbocycles. The van der Waals surface area contributed by atoms with Gasteiger partial charge in [0.05, 0.1) is 17.6 Å². The molecule has 5 nitrogen and oxygen atoms in total. The van der Waals surface area contributed by atoms with Gasteiger partial charge in [0.15, 0.2) is 0 Å². The highest BCUT2D eigenvalue weighted by Crippen LogP contribution is 2.26. The van der Waals surface area contributed by atoms with Gasteiger partial charge in [-0.05, 0) is 34.1 Å². The molecule has 0 atom stereocenters. The van der Waals surface area contributed by atoms with Crippen molar-refractivity contribution in [2.45, 2.75) is 0 Å². The van der Waals surface area contributed by atoms with E-state index in [1.165, 1.54) is 10.9 Å². The van der Waals surface area contributed by atoms with E-state index in [9.17, 15) is 4.79 Å².